The van der Waals surface area contributed by atoms with Crippen LogP contribution in [0, 0.1) is 0 Å². The third kappa shape index (κ3) is 6.16. The average molecular weight is 633 g/mol. The molecular formula is C30H29ClN8O6. The van der Waals surface area contributed by atoms with Gasteiger partial charge in [-0.25, -0.2) is 9.48 Å². The van der Waals surface area contributed by atoms with E-state index in [1.807, 2.05) is 6.07 Å². The molecule has 2 aromatic carbocycles. The van der Waals surface area contributed by atoms with Crippen LogP contribution < -0.4 is 16.0 Å². The number of carboxylic acid groups (broad SMARTS) is 1. The van der Waals surface area contributed by atoms with Gasteiger partial charge in [-0.15, -0.1) is 5.10 Å². The second-order valence-electron chi connectivity index (χ2n) is 10.4. The number of hydrogen-bond donors (Lipinski definition) is 2. The highest BCUT2D eigenvalue weighted by Gasteiger charge is 2.28. The number of hydrogen-bond acceptors (Lipinski definition) is 8. The maximum atomic E-state index is 13.5. The maximum absolute atomic E-state index is 13.5. The Bertz CT molecular complexity index is 1930. The molecule has 0 radical (unpaired) electrons. The molecular weight excluding hydrogens is 604 g/mol. The van der Waals surface area contributed by atoms with E-state index >= 15 is 0 Å². The lowest BCUT2D eigenvalue weighted by Crippen LogP contribution is -2.32. The van der Waals surface area contributed by atoms with Crippen LogP contribution in [0.15, 0.2) is 76.6 Å². The van der Waals surface area contributed by atoms with Gasteiger partial charge in [-0.3, -0.25) is 19.6 Å². The third-order valence-electron chi connectivity index (χ3n) is 7.64. The molecule has 0 fully saturated rings. The van der Waals surface area contributed by atoms with E-state index in [-0.39, 0.29) is 30.3 Å². The van der Waals surface area contributed by atoms with Gasteiger partial charge in [0, 0.05) is 41.2 Å². The number of aromatic nitrogens is 7. The monoisotopic (exact) mass is 632 g/mol. The Morgan fingerprint density at radius 3 is 2.62 bits per heavy atom. The van der Waals surface area contributed by atoms with Crippen molar-refractivity contribution in [3.63, 3.8) is 0 Å². The first-order valence-electron chi connectivity index (χ1n) is 14.1. The van der Waals surface area contributed by atoms with Gasteiger partial charge in [0.15, 0.2) is 0 Å². The molecule has 15 heteroatoms. The largest absolute Gasteiger partial charge is 0.465 e. The van der Waals surface area contributed by atoms with Gasteiger partial charge in [0.1, 0.15) is 6.33 Å². The maximum Gasteiger partial charge on any atom is 0.411 e. The van der Waals surface area contributed by atoms with Crippen molar-refractivity contribution in [2.24, 2.45) is 0 Å². The zero-order chi connectivity index (χ0) is 31.5. The lowest BCUT2D eigenvalue weighted by Gasteiger charge is -2.19. The highest BCUT2D eigenvalue weighted by atomic mass is 35.5. The molecule has 0 saturated heterocycles. The van der Waals surface area contributed by atoms with Crippen molar-refractivity contribution in [1.82, 2.24) is 34.6 Å². The summed E-state index contributed by atoms with van der Waals surface area (Å²) in [6, 6.07) is 16.5. The molecule has 4 heterocycles. The summed E-state index contributed by atoms with van der Waals surface area (Å²) in [5.41, 5.74) is 3.93. The van der Waals surface area contributed by atoms with Crippen LogP contribution in [0.25, 0.3) is 22.5 Å². The second kappa shape index (κ2) is 12.9. The van der Waals surface area contributed by atoms with Gasteiger partial charge in [0.05, 0.1) is 49.5 Å². The van der Waals surface area contributed by atoms with E-state index in [1.54, 1.807) is 60.2 Å². The van der Waals surface area contributed by atoms with Gasteiger partial charge in [-0.05, 0) is 77.4 Å². The molecule has 6 rings (SSSR count). The number of anilines is 1. The van der Waals surface area contributed by atoms with Crippen molar-refractivity contribution in [2.75, 3.05) is 38.4 Å². The Hall–Kier alpha value is -5.05. The minimum absolute atomic E-state index is 0.138. The summed E-state index contributed by atoms with van der Waals surface area (Å²) in [5, 5.41) is 24.7. The first-order chi connectivity index (χ1) is 21.8. The summed E-state index contributed by atoms with van der Waals surface area (Å²) in [4.78, 5) is 39.6. The minimum atomic E-state index is -1.12. The molecule has 232 valence electrons. The van der Waals surface area contributed by atoms with E-state index in [9.17, 15) is 19.5 Å². The number of tetrazole rings is 1. The minimum Gasteiger partial charge on any atom is -0.465 e. The number of pyridine rings is 1. The topological polar surface area (TPSA) is 162 Å². The van der Waals surface area contributed by atoms with Gasteiger partial charge in [0.25, 0.3) is 11.1 Å². The van der Waals surface area contributed by atoms with Crippen molar-refractivity contribution >= 4 is 23.4 Å². The number of carbonyl (C=O) groups is 1. The van der Waals surface area contributed by atoms with Crippen molar-refractivity contribution in [3.05, 3.63) is 104 Å². The van der Waals surface area contributed by atoms with Crippen LogP contribution in [0.1, 0.15) is 23.9 Å². The van der Waals surface area contributed by atoms with Crippen LogP contribution >= 0.6 is 11.6 Å². The van der Waals surface area contributed by atoms with Crippen molar-refractivity contribution in [3.8, 4) is 22.5 Å². The highest BCUT2D eigenvalue weighted by Crippen LogP contribution is 2.34. The smallest absolute Gasteiger partial charge is 0.411 e. The molecule has 0 saturated carbocycles. The van der Waals surface area contributed by atoms with Crippen LogP contribution in [0.2, 0.25) is 5.02 Å². The second-order valence-corrected chi connectivity index (χ2v) is 10.8. The fourth-order valence-electron chi connectivity index (χ4n) is 5.55. The molecule has 3 aromatic heterocycles. The van der Waals surface area contributed by atoms with Crippen molar-refractivity contribution in [2.45, 2.75) is 18.9 Å². The molecule has 0 unspecified atom stereocenters. The number of H-pyrrole nitrogens is 1. The predicted octanol–water partition coefficient (Wildman–Crippen LogP) is 3.31. The highest BCUT2D eigenvalue weighted by molar-refractivity contribution is 6.31. The zero-order valence-corrected chi connectivity index (χ0v) is 24.9. The number of benzene rings is 2. The number of aromatic amines is 1. The average Bonchev–Trinajstić information content (AvgIpc) is 3.79. The van der Waals surface area contributed by atoms with Crippen LogP contribution in [0.3, 0.4) is 0 Å². The lowest BCUT2D eigenvalue weighted by atomic mass is 10.0. The first-order valence-corrected chi connectivity index (χ1v) is 14.5. The van der Waals surface area contributed by atoms with Crippen molar-refractivity contribution < 1.29 is 19.4 Å². The summed E-state index contributed by atoms with van der Waals surface area (Å²) in [5.74, 6) is 0. The predicted molar refractivity (Wildman–Crippen MR) is 165 cm³/mol. The number of aryl methyl sites for hydroxylation is 1. The van der Waals surface area contributed by atoms with E-state index in [0.717, 1.165) is 5.69 Å². The summed E-state index contributed by atoms with van der Waals surface area (Å²) in [6.45, 7) is 1.13. The molecule has 2 N–H and O–H groups in total. The van der Waals surface area contributed by atoms with Gasteiger partial charge in [0.2, 0.25) is 0 Å². The Morgan fingerprint density at radius 1 is 1.07 bits per heavy atom. The van der Waals surface area contributed by atoms with Gasteiger partial charge in [-0.2, -0.15) is 4.68 Å². The molecule has 14 nitrogen and oxygen atoms in total. The van der Waals surface area contributed by atoms with Gasteiger partial charge in [-0.1, -0.05) is 11.6 Å². The number of nitrogens with zero attached hydrogens (tertiary/aromatic N) is 7. The molecule has 1 aliphatic rings. The van der Waals surface area contributed by atoms with Crippen LogP contribution in [0.5, 0.6) is 0 Å². The molecule has 45 heavy (non-hydrogen) atoms. The molecule has 5 aromatic rings. The molecule has 1 atom stereocenters. The third-order valence-corrected chi connectivity index (χ3v) is 7.87. The summed E-state index contributed by atoms with van der Waals surface area (Å²) >= 11 is 6.31. The lowest BCUT2D eigenvalue weighted by molar-refractivity contribution is 0.0738. The molecule has 0 bridgehead atoms. The Kier molecular flexibility index (Phi) is 8.60. The number of methoxy groups -OCH3 is 1. The van der Waals surface area contributed by atoms with Gasteiger partial charge >= 0.3 is 6.09 Å². The Morgan fingerprint density at radius 2 is 1.89 bits per heavy atom. The van der Waals surface area contributed by atoms with Crippen LogP contribution in [-0.2, 0) is 15.9 Å². The number of fused-ring (bicyclic) bond motifs is 1. The number of rotatable bonds is 11. The summed E-state index contributed by atoms with van der Waals surface area (Å²) < 4.78 is 14.9. The van der Waals surface area contributed by atoms with E-state index in [4.69, 9.17) is 21.1 Å². The van der Waals surface area contributed by atoms with Crippen LogP contribution in [0.4, 0.5) is 10.5 Å². The van der Waals surface area contributed by atoms with E-state index in [1.165, 1.54) is 26.7 Å². The molecule has 1 aliphatic heterocycles. The van der Waals surface area contributed by atoms with E-state index in [0.29, 0.717) is 65.0 Å². The number of ether oxygens (including phenoxy) is 2. The SMILES string of the molecule is COCCOCCN(C(=O)O)c1ccc(-n2[nH]c([C@@H]3CCc4cc(-c5cc(Cl)ccc5-n5cnnn5)cc(=O)n43)cc2=O)cc1. The number of halogens is 1. The molecule has 1 amide bonds. The summed E-state index contributed by atoms with van der Waals surface area (Å²) in [6.07, 6.45) is 1.59. The Labute approximate surface area is 261 Å². The number of amides is 1. The quantitative estimate of drug-likeness (QED) is 0.208. The molecule has 0 aliphatic carbocycles. The van der Waals surface area contributed by atoms with E-state index < -0.39 is 6.09 Å². The first kappa shape index (κ1) is 30.0. The van der Waals surface area contributed by atoms with Gasteiger partial charge < -0.3 is 19.1 Å². The van der Waals surface area contributed by atoms with E-state index in [2.05, 4.69) is 20.6 Å². The number of nitrogens with one attached hydrogen (secondary N) is 1. The fourth-order valence-corrected chi connectivity index (χ4v) is 5.72. The fraction of sp³-hybridized carbons (Fsp3) is 0.267. The van der Waals surface area contributed by atoms with Crippen molar-refractivity contribution in [1.29, 1.82) is 0 Å². The normalized spacial score (nSPS) is 14.0. The van der Waals surface area contributed by atoms with Crippen LogP contribution in [-0.4, -0.2) is 79.2 Å². The summed E-state index contributed by atoms with van der Waals surface area (Å²) in [7, 11) is 1.56. The molecule has 0 spiro atoms. The standard InChI is InChI=1S/C30H29ClN8O6/c1-44-12-13-45-11-10-36(30(42)43)21-3-5-22(6-4-21)39-29(41)17-25(33-39)27-9-7-23-14-19(15-28(40)38(23)27)24-16-20(31)2-8-26(24)37-18-32-34-35-37/h2-6,8,14-18,27,33H,7,9-13H2,1H3,(H,42,43)/t27-/m0/s1. The Balaban J connectivity index is 1.25. The zero-order valence-electron chi connectivity index (χ0n) is 24.2.